The van der Waals surface area contributed by atoms with Crippen LogP contribution in [0.3, 0.4) is 0 Å². The molecule has 0 aromatic rings. The Morgan fingerprint density at radius 1 is 1.54 bits per heavy atom. The molecule has 0 aliphatic rings. The summed E-state index contributed by atoms with van der Waals surface area (Å²) in [7, 11) is 4.06. The zero-order chi connectivity index (χ0) is 10.1. The standard InChI is InChI=1S/C9H18N2O2/c1-11(2)8-4-7-10-6-3-5-9(12)13/h3,5,10H,4,6-8H2,1-2H3,(H,12,13)/b5-3+. The highest BCUT2D eigenvalue weighted by atomic mass is 16.4. The lowest BCUT2D eigenvalue weighted by atomic mass is 10.4. The van der Waals surface area contributed by atoms with E-state index in [9.17, 15) is 4.79 Å². The monoisotopic (exact) mass is 186 g/mol. The summed E-state index contributed by atoms with van der Waals surface area (Å²) in [6.45, 7) is 2.59. The van der Waals surface area contributed by atoms with Crippen LogP contribution >= 0.6 is 0 Å². The summed E-state index contributed by atoms with van der Waals surface area (Å²) in [5, 5.41) is 11.4. The fourth-order valence-electron chi connectivity index (χ4n) is 0.865. The molecule has 0 rings (SSSR count). The van der Waals surface area contributed by atoms with Crippen molar-refractivity contribution in [2.45, 2.75) is 6.42 Å². The molecular weight excluding hydrogens is 168 g/mol. The maximum atomic E-state index is 10.1. The molecule has 0 unspecified atom stereocenters. The minimum atomic E-state index is -0.893. The molecular formula is C9H18N2O2. The van der Waals surface area contributed by atoms with Crippen LogP contribution in [0.5, 0.6) is 0 Å². The Labute approximate surface area is 79.2 Å². The Hall–Kier alpha value is -0.870. The van der Waals surface area contributed by atoms with E-state index in [4.69, 9.17) is 5.11 Å². The molecule has 0 heterocycles. The summed E-state index contributed by atoms with van der Waals surface area (Å²) < 4.78 is 0. The first-order chi connectivity index (χ1) is 6.13. The second-order valence-electron chi connectivity index (χ2n) is 3.10. The van der Waals surface area contributed by atoms with Crippen LogP contribution < -0.4 is 5.32 Å². The average Bonchev–Trinajstić information content (AvgIpc) is 2.01. The zero-order valence-corrected chi connectivity index (χ0v) is 8.29. The van der Waals surface area contributed by atoms with Crippen LogP contribution in [-0.2, 0) is 4.79 Å². The van der Waals surface area contributed by atoms with Crippen molar-refractivity contribution in [2.24, 2.45) is 0 Å². The van der Waals surface area contributed by atoms with E-state index in [0.29, 0.717) is 6.54 Å². The van der Waals surface area contributed by atoms with E-state index in [1.54, 1.807) is 6.08 Å². The van der Waals surface area contributed by atoms with Gasteiger partial charge in [0.05, 0.1) is 0 Å². The Morgan fingerprint density at radius 2 is 2.23 bits per heavy atom. The molecule has 0 atom stereocenters. The molecule has 0 saturated carbocycles. The fraction of sp³-hybridized carbons (Fsp3) is 0.667. The van der Waals surface area contributed by atoms with E-state index >= 15 is 0 Å². The predicted octanol–water partition coefficient (Wildman–Crippen LogP) is 0.169. The maximum absolute atomic E-state index is 10.1. The lowest BCUT2D eigenvalue weighted by Crippen LogP contribution is -2.21. The molecule has 0 saturated heterocycles. The molecule has 4 heteroatoms. The maximum Gasteiger partial charge on any atom is 0.328 e. The predicted molar refractivity (Wildman–Crippen MR) is 52.8 cm³/mol. The fourth-order valence-corrected chi connectivity index (χ4v) is 0.865. The molecule has 0 aliphatic carbocycles. The number of hydrogen-bond donors (Lipinski definition) is 2. The summed E-state index contributed by atoms with van der Waals surface area (Å²) in [6.07, 6.45) is 3.84. The van der Waals surface area contributed by atoms with E-state index in [-0.39, 0.29) is 0 Å². The minimum absolute atomic E-state index is 0.625. The topological polar surface area (TPSA) is 52.6 Å². The highest BCUT2D eigenvalue weighted by Gasteiger charge is 1.89. The van der Waals surface area contributed by atoms with Crippen molar-refractivity contribution < 1.29 is 9.90 Å². The first-order valence-corrected chi connectivity index (χ1v) is 4.38. The van der Waals surface area contributed by atoms with Crippen molar-refractivity contribution in [1.82, 2.24) is 10.2 Å². The number of aliphatic carboxylic acids is 1. The first-order valence-electron chi connectivity index (χ1n) is 4.38. The van der Waals surface area contributed by atoms with Crippen molar-refractivity contribution in [3.8, 4) is 0 Å². The van der Waals surface area contributed by atoms with Gasteiger partial charge in [0, 0.05) is 12.6 Å². The van der Waals surface area contributed by atoms with Gasteiger partial charge in [0.2, 0.25) is 0 Å². The molecule has 0 aromatic carbocycles. The van der Waals surface area contributed by atoms with E-state index in [0.717, 1.165) is 25.6 Å². The lowest BCUT2D eigenvalue weighted by Gasteiger charge is -2.08. The molecule has 4 nitrogen and oxygen atoms in total. The Morgan fingerprint density at radius 3 is 2.77 bits per heavy atom. The molecule has 2 N–H and O–H groups in total. The number of nitrogens with zero attached hydrogens (tertiary/aromatic N) is 1. The second kappa shape index (κ2) is 7.76. The van der Waals surface area contributed by atoms with Crippen LogP contribution in [0.25, 0.3) is 0 Å². The molecule has 0 spiro atoms. The van der Waals surface area contributed by atoms with Crippen molar-refractivity contribution in [1.29, 1.82) is 0 Å². The van der Waals surface area contributed by atoms with Crippen molar-refractivity contribution in [3.05, 3.63) is 12.2 Å². The summed E-state index contributed by atoms with van der Waals surface area (Å²) in [6, 6.07) is 0. The van der Waals surface area contributed by atoms with Gasteiger partial charge in [-0.15, -0.1) is 0 Å². The van der Waals surface area contributed by atoms with Gasteiger partial charge in [-0.3, -0.25) is 0 Å². The minimum Gasteiger partial charge on any atom is -0.478 e. The van der Waals surface area contributed by atoms with Gasteiger partial charge in [-0.05, 0) is 33.6 Å². The summed E-state index contributed by atoms with van der Waals surface area (Å²) in [4.78, 5) is 12.2. The van der Waals surface area contributed by atoms with Gasteiger partial charge in [-0.1, -0.05) is 6.08 Å². The zero-order valence-electron chi connectivity index (χ0n) is 8.29. The number of carbonyl (C=O) groups is 1. The number of carboxylic acid groups (broad SMARTS) is 1. The largest absolute Gasteiger partial charge is 0.478 e. The number of rotatable bonds is 7. The Bertz CT molecular complexity index is 167. The van der Waals surface area contributed by atoms with Gasteiger partial charge in [0.15, 0.2) is 0 Å². The van der Waals surface area contributed by atoms with Crippen LogP contribution in [0.1, 0.15) is 6.42 Å². The van der Waals surface area contributed by atoms with Gasteiger partial charge < -0.3 is 15.3 Å². The van der Waals surface area contributed by atoms with Gasteiger partial charge >= 0.3 is 5.97 Å². The van der Waals surface area contributed by atoms with E-state index in [1.165, 1.54) is 0 Å². The second-order valence-corrected chi connectivity index (χ2v) is 3.10. The van der Waals surface area contributed by atoms with Crippen LogP contribution in [0.15, 0.2) is 12.2 Å². The molecule has 0 radical (unpaired) electrons. The van der Waals surface area contributed by atoms with Gasteiger partial charge in [0.25, 0.3) is 0 Å². The van der Waals surface area contributed by atoms with Crippen LogP contribution in [0, 0.1) is 0 Å². The third kappa shape index (κ3) is 11.1. The van der Waals surface area contributed by atoms with Crippen LogP contribution in [0.2, 0.25) is 0 Å². The molecule has 0 bridgehead atoms. The van der Waals surface area contributed by atoms with Gasteiger partial charge in [-0.25, -0.2) is 4.79 Å². The first kappa shape index (κ1) is 12.1. The van der Waals surface area contributed by atoms with Crippen LogP contribution in [-0.4, -0.2) is 49.7 Å². The number of nitrogens with one attached hydrogen (secondary N) is 1. The molecule has 0 amide bonds. The normalized spacial score (nSPS) is 11.3. The molecule has 76 valence electrons. The molecule has 0 aromatic heterocycles. The van der Waals surface area contributed by atoms with E-state index in [2.05, 4.69) is 10.2 Å². The van der Waals surface area contributed by atoms with Gasteiger partial charge in [0.1, 0.15) is 0 Å². The quantitative estimate of drug-likeness (QED) is 0.439. The highest BCUT2D eigenvalue weighted by molar-refractivity contribution is 5.79. The molecule has 0 aliphatic heterocycles. The Kier molecular flexibility index (Phi) is 7.24. The van der Waals surface area contributed by atoms with Crippen molar-refractivity contribution in [2.75, 3.05) is 33.7 Å². The van der Waals surface area contributed by atoms with Crippen molar-refractivity contribution in [3.63, 3.8) is 0 Å². The summed E-state index contributed by atoms with van der Waals surface area (Å²) >= 11 is 0. The van der Waals surface area contributed by atoms with Crippen molar-refractivity contribution >= 4 is 5.97 Å². The highest BCUT2D eigenvalue weighted by Crippen LogP contribution is 1.80. The molecule has 0 fully saturated rings. The summed E-state index contributed by atoms with van der Waals surface area (Å²) in [5.74, 6) is -0.893. The number of hydrogen-bond acceptors (Lipinski definition) is 3. The van der Waals surface area contributed by atoms with E-state index < -0.39 is 5.97 Å². The average molecular weight is 186 g/mol. The lowest BCUT2D eigenvalue weighted by molar-refractivity contribution is -0.131. The molecule has 13 heavy (non-hydrogen) atoms. The van der Waals surface area contributed by atoms with Crippen LogP contribution in [0.4, 0.5) is 0 Å². The SMILES string of the molecule is CN(C)CCCNC/C=C/C(=O)O. The third-order valence-corrected chi connectivity index (χ3v) is 1.48. The number of carboxylic acids is 1. The Balaban J connectivity index is 3.13. The van der Waals surface area contributed by atoms with E-state index in [1.807, 2.05) is 14.1 Å². The summed E-state index contributed by atoms with van der Waals surface area (Å²) in [5.41, 5.74) is 0. The van der Waals surface area contributed by atoms with Gasteiger partial charge in [-0.2, -0.15) is 0 Å². The smallest absolute Gasteiger partial charge is 0.328 e. The third-order valence-electron chi connectivity index (χ3n) is 1.48.